The van der Waals surface area contributed by atoms with Crippen molar-refractivity contribution in [2.75, 3.05) is 4.90 Å². The molecule has 1 heterocycles. The van der Waals surface area contributed by atoms with Gasteiger partial charge in [0.05, 0.1) is 40.3 Å². The number of nitriles is 2. The van der Waals surface area contributed by atoms with Gasteiger partial charge >= 0.3 is 0 Å². The molecular weight excluding hydrogens is 410 g/mol. The molecule has 0 spiro atoms. The van der Waals surface area contributed by atoms with Gasteiger partial charge in [-0.3, -0.25) is 9.59 Å². The van der Waals surface area contributed by atoms with E-state index in [-0.39, 0.29) is 11.8 Å². The Hall–Kier alpha value is -4.74. The van der Waals surface area contributed by atoms with E-state index in [1.54, 1.807) is 54.6 Å². The zero-order chi connectivity index (χ0) is 23.0. The van der Waals surface area contributed by atoms with Gasteiger partial charge in [0, 0.05) is 5.57 Å². The number of nitrogens with zero attached hydrogens (tertiary/aromatic N) is 3. The third kappa shape index (κ3) is 2.99. The molecule has 0 aromatic heterocycles. The summed E-state index contributed by atoms with van der Waals surface area (Å²) < 4.78 is 0. The molecule has 0 radical (unpaired) electrons. The molecule has 2 amide bonds. The Morgan fingerprint density at radius 2 is 1.30 bits per heavy atom. The normalized spacial score (nSPS) is 18.3. The van der Waals surface area contributed by atoms with Crippen LogP contribution < -0.4 is 4.90 Å². The first-order valence-electron chi connectivity index (χ1n) is 10.4. The molecular formula is C28H17N3O2. The molecule has 1 fully saturated rings. The minimum atomic E-state index is -0.970. The molecule has 3 aromatic carbocycles. The van der Waals surface area contributed by atoms with E-state index in [4.69, 9.17) is 0 Å². The lowest BCUT2D eigenvalue weighted by molar-refractivity contribution is -0.122. The Kier molecular flexibility index (Phi) is 4.74. The Labute approximate surface area is 191 Å². The van der Waals surface area contributed by atoms with E-state index in [2.05, 4.69) is 12.1 Å². The molecule has 1 unspecified atom stereocenters. The van der Waals surface area contributed by atoms with Crippen LogP contribution in [-0.4, -0.2) is 11.8 Å². The Morgan fingerprint density at radius 1 is 0.758 bits per heavy atom. The van der Waals surface area contributed by atoms with Crippen LogP contribution in [0, 0.1) is 28.6 Å². The van der Waals surface area contributed by atoms with Gasteiger partial charge in [-0.2, -0.15) is 10.5 Å². The van der Waals surface area contributed by atoms with Crippen molar-refractivity contribution in [3.8, 4) is 12.1 Å². The SMILES string of the molecule is N#Cc1ccc(C2(c3ccc(C#N)cc3)C=CC=C3C(=O)N(c4ccccc4)C(=O)C32)cc1. The molecule has 1 saturated heterocycles. The van der Waals surface area contributed by atoms with Gasteiger partial charge in [-0.1, -0.05) is 60.7 Å². The van der Waals surface area contributed by atoms with E-state index in [1.165, 1.54) is 4.90 Å². The molecule has 156 valence electrons. The molecule has 33 heavy (non-hydrogen) atoms. The third-order valence-corrected chi connectivity index (χ3v) is 6.32. The number of hydrogen-bond donors (Lipinski definition) is 0. The third-order valence-electron chi connectivity index (χ3n) is 6.32. The van der Waals surface area contributed by atoms with E-state index in [0.717, 1.165) is 11.1 Å². The number of carbonyl (C=O) groups excluding carboxylic acids is 2. The second-order valence-corrected chi connectivity index (χ2v) is 7.98. The van der Waals surface area contributed by atoms with E-state index in [1.807, 2.05) is 42.5 Å². The van der Waals surface area contributed by atoms with Gasteiger partial charge in [0.25, 0.3) is 5.91 Å². The van der Waals surface area contributed by atoms with Crippen molar-refractivity contribution in [1.29, 1.82) is 10.5 Å². The minimum absolute atomic E-state index is 0.310. The highest BCUT2D eigenvalue weighted by Crippen LogP contribution is 2.50. The first kappa shape index (κ1) is 20.2. The van der Waals surface area contributed by atoms with Crippen molar-refractivity contribution in [1.82, 2.24) is 0 Å². The molecule has 1 atom stereocenters. The zero-order valence-corrected chi connectivity index (χ0v) is 17.5. The number of para-hydroxylation sites is 1. The number of carbonyl (C=O) groups is 2. The summed E-state index contributed by atoms with van der Waals surface area (Å²) in [5, 5.41) is 18.5. The first-order valence-corrected chi connectivity index (χ1v) is 10.4. The number of hydrogen-bond acceptors (Lipinski definition) is 4. The zero-order valence-electron chi connectivity index (χ0n) is 17.5. The largest absolute Gasteiger partial charge is 0.273 e. The second-order valence-electron chi connectivity index (χ2n) is 7.98. The summed E-state index contributed by atoms with van der Waals surface area (Å²) in [5.41, 5.74) is 2.55. The van der Waals surface area contributed by atoms with Crippen LogP contribution in [0.25, 0.3) is 0 Å². The van der Waals surface area contributed by atoms with Gasteiger partial charge in [0.1, 0.15) is 0 Å². The number of amides is 2. The van der Waals surface area contributed by atoms with Crippen molar-refractivity contribution in [2.24, 2.45) is 5.92 Å². The van der Waals surface area contributed by atoms with Crippen LogP contribution in [0.2, 0.25) is 0 Å². The Bertz CT molecular complexity index is 1350. The van der Waals surface area contributed by atoms with Gasteiger partial charge in [-0.25, -0.2) is 4.90 Å². The first-order chi connectivity index (χ1) is 16.1. The fourth-order valence-electron chi connectivity index (χ4n) is 4.78. The highest BCUT2D eigenvalue weighted by Gasteiger charge is 2.56. The highest BCUT2D eigenvalue weighted by molar-refractivity contribution is 6.30. The lowest BCUT2D eigenvalue weighted by Gasteiger charge is -2.38. The fourth-order valence-corrected chi connectivity index (χ4v) is 4.78. The monoisotopic (exact) mass is 427 g/mol. The maximum Gasteiger partial charge on any atom is 0.261 e. The van der Waals surface area contributed by atoms with Gasteiger partial charge in [-0.05, 0) is 47.5 Å². The average molecular weight is 427 g/mol. The topological polar surface area (TPSA) is 85.0 Å². The van der Waals surface area contributed by atoms with Crippen LogP contribution in [0.4, 0.5) is 5.69 Å². The molecule has 3 aromatic rings. The summed E-state index contributed by atoms with van der Waals surface area (Å²) in [4.78, 5) is 28.5. The van der Waals surface area contributed by atoms with E-state index in [9.17, 15) is 20.1 Å². The van der Waals surface area contributed by atoms with Gasteiger partial charge in [-0.15, -0.1) is 0 Å². The number of anilines is 1. The molecule has 0 bridgehead atoms. The quantitative estimate of drug-likeness (QED) is 0.580. The number of benzene rings is 3. The van der Waals surface area contributed by atoms with Crippen LogP contribution in [0.5, 0.6) is 0 Å². The molecule has 5 heteroatoms. The molecule has 2 aliphatic rings. The standard InChI is InChI=1S/C28H17N3O2/c29-17-19-8-12-21(13-9-19)28(22-14-10-20(18-30)11-15-22)16-4-7-24-25(28)27(33)31(26(24)32)23-5-2-1-3-6-23/h1-16,25H. The van der Waals surface area contributed by atoms with Crippen LogP contribution in [0.15, 0.2) is 103 Å². The summed E-state index contributed by atoms with van der Waals surface area (Å²) in [7, 11) is 0. The summed E-state index contributed by atoms with van der Waals surface area (Å²) in [6.07, 6.45) is 5.45. The van der Waals surface area contributed by atoms with Crippen LogP contribution in [0.3, 0.4) is 0 Å². The van der Waals surface area contributed by atoms with Crippen LogP contribution in [-0.2, 0) is 15.0 Å². The summed E-state index contributed by atoms with van der Waals surface area (Å²) in [6.45, 7) is 0. The van der Waals surface area contributed by atoms with Crippen molar-refractivity contribution in [2.45, 2.75) is 5.41 Å². The lowest BCUT2D eigenvalue weighted by Crippen LogP contribution is -2.41. The Balaban J connectivity index is 1.74. The second kappa shape index (κ2) is 7.75. The fraction of sp³-hybridized carbons (Fsp3) is 0.0714. The average Bonchev–Trinajstić information content (AvgIpc) is 3.14. The summed E-state index contributed by atoms with van der Waals surface area (Å²) in [5.74, 6) is -1.43. The minimum Gasteiger partial charge on any atom is -0.273 e. The molecule has 5 rings (SSSR count). The lowest BCUT2D eigenvalue weighted by atomic mass is 9.62. The maximum absolute atomic E-state index is 13.9. The predicted molar refractivity (Wildman–Crippen MR) is 123 cm³/mol. The van der Waals surface area contributed by atoms with Crippen LogP contribution >= 0.6 is 0 Å². The molecule has 1 aliphatic carbocycles. The Morgan fingerprint density at radius 3 is 1.82 bits per heavy atom. The summed E-state index contributed by atoms with van der Waals surface area (Å²) >= 11 is 0. The highest BCUT2D eigenvalue weighted by atomic mass is 16.2. The van der Waals surface area contributed by atoms with E-state index >= 15 is 0 Å². The van der Waals surface area contributed by atoms with Gasteiger partial charge < -0.3 is 0 Å². The maximum atomic E-state index is 13.9. The van der Waals surface area contributed by atoms with Gasteiger partial charge in [0.2, 0.25) is 5.91 Å². The number of rotatable bonds is 3. The molecule has 5 nitrogen and oxygen atoms in total. The van der Waals surface area contributed by atoms with Crippen molar-refractivity contribution in [3.05, 3.63) is 125 Å². The molecule has 0 saturated carbocycles. The van der Waals surface area contributed by atoms with Crippen molar-refractivity contribution in [3.63, 3.8) is 0 Å². The summed E-state index contributed by atoms with van der Waals surface area (Å²) in [6, 6.07) is 27.3. The van der Waals surface area contributed by atoms with E-state index in [0.29, 0.717) is 22.4 Å². The number of imide groups is 1. The molecule has 0 N–H and O–H groups in total. The molecule has 1 aliphatic heterocycles. The van der Waals surface area contributed by atoms with Crippen LogP contribution in [0.1, 0.15) is 22.3 Å². The van der Waals surface area contributed by atoms with Gasteiger partial charge in [0.15, 0.2) is 0 Å². The van der Waals surface area contributed by atoms with Crippen molar-refractivity contribution >= 4 is 17.5 Å². The van der Waals surface area contributed by atoms with E-state index < -0.39 is 11.3 Å². The van der Waals surface area contributed by atoms with Crippen molar-refractivity contribution < 1.29 is 9.59 Å². The smallest absolute Gasteiger partial charge is 0.261 e. The number of fused-ring (bicyclic) bond motifs is 1. The predicted octanol–water partition coefficient (Wildman–Crippen LogP) is 4.40. The number of allylic oxidation sites excluding steroid dienone is 3.